The molecule has 0 saturated heterocycles. The molecule has 34 heavy (non-hydrogen) atoms. The van der Waals surface area contributed by atoms with Crippen molar-refractivity contribution >= 4 is 34.6 Å². The van der Waals surface area contributed by atoms with Gasteiger partial charge in [0.1, 0.15) is 5.75 Å². The number of carbonyl (C=O) groups excluding carboxylic acids is 2. The van der Waals surface area contributed by atoms with Crippen molar-refractivity contribution in [3.05, 3.63) is 52.7 Å². The molecule has 1 atom stereocenters. The van der Waals surface area contributed by atoms with Crippen LogP contribution in [-0.4, -0.2) is 35.3 Å². The molecule has 1 aromatic heterocycles. The molecule has 4 rings (SSSR count). The van der Waals surface area contributed by atoms with Crippen molar-refractivity contribution in [2.24, 2.45) is 7.05 Å². The molecule has 0 radical (unpaired) electrons. The molecule has 8 nitrogen and oxygen atoms in total. The molecular formula is C22H18ClF3N2O6. The fourth-order valence-electron chi connectivity index (χ4n) is 3.56. The Kier molecular flexibility index (Phi) is 5.76. The topological polar surface area (TPSA) is 88.0 Å². The van der Waals surface area contributed by atoms with E-state index in [2.05, 4.69) is 0 Å². The van der Waals surface area contributed by atoms with Crippen molar-refractivity contribution in [3.8, 4) is 17.2 Å². The maximum atomic E-state index is 13.8. The van der Waals surface area contributed by atoms with Crippen LogP contribution in [0, 0.1) is 6.92 Å². The molecule has 12 heteroatoms. The lowest BCUT2D eigenvalue weighted by Gasteiger charge is -2.29. The largest absolute Gasteiger partial charge is 0.492 e. The number of nitrogens with zero attached hydrogens (tertiary/aromatic N) is 1. The third-order valence-electron chi connectivity index (χ3n) is 5.21. The van der Waals surface area contributed by atoms with Gasteiger partial charge in [0, 0.05) is 34.7 Å². The van der Waals surface area contributed by atoms with Crippen molar-refractivity contribution < 1.29 is 41.7 Å². The minimum atomic E-state index is -5.17. The van der Waals surface area contributed by atoms with Gasteiger partial charge < -0.3 is 23.5 Å². The van der Waals surface area contributed by atoms with E-state index in [0.29, 0.717) is 16.6 Å². The van der Waals surface area contributed by atoms with Gasteiger partial charge in [-0.2, -0.15) is 13.2 Å². The fraction of sp³-hybridized carbons (Fsp3) is 0.273. The van der Waals surface area contributed by atoms with Crippen molar-refractivity contribution in [3.63, 3.8) is 0 Å². The van der Waals surface area contributed by atoms with Gasteiger partial charge in [0.05, 0.1) is 12.2 Å². The number of halogens is 4. The number of esters is 1. The van der Waals surface area contributed by atoms with Gasteiger partial charge in [-0.3, -0.25) is 0 Å². The first-order valence-corrected chi connectivity index (χ1v) is 10.3. The molecule has 1 N–H and O–H groups in total. The van der Waals surface area contributed by atoms with Gasteiger partial charge in [-0.25, -0.2) is 14.9 Å². The Hall–Kier alpha value is -3.60. The van der Waals surface area contributed by atoms with Crippen molar-refractivity contribution in [2.75, 3.05) is 6.61 Å². The Morgan fingerprint density at radius 2 is 1.85 bits per heavy atom. The Balaban J connectivity index is 1.61. The van der Waals surface area contributed by atoms with Gasteiger partial charge in [0.15, 0.2) is 11.5 Å². The zero-order valence-corrected chi connectivity index (χ0v) is 18.8. The molecule has 0 bridgehead atoms. The van der Waals surface area contributed by atoms with Crippen LogP contribution in [0.25, 0.3) is 10.9 Å². The zero-order valence-electron chi connectivity index (χ0n) is 18.1. The number of aryl methyl sites for hydroxylation is 1. The summed E-state index contributed by atoms with van der Waals surface area (Å²) < 4.78 is 63.2. The van der Waals surface area contributed by atoms with Gasteiger partial charge >= 0.3 is 24.1 Å². The SMILES string of the molecule is CCOC(=O)c1c(C)n(C)c2ccc(OC(=O)N[C@]3(C(F)(F)F)Oc4ccc(Cl)cc4O3)cc12. The molecule has 0 saturated carbocycles. The molecule has 1 aliphatic rings. The second kappa shape index (κ2) is 8.32. The maximum absolute atomic E-state index is 13.8. The standard InChI is InChI=1S/C22H18ClF3N2O6/c1-4-31-19(29)18-11(2)28(3)15-7-6-13(10-14(15)18)32-20(30)27-22(21(24,25)26)33-16-8-5-12(23)9-17(16)34-22/h5-10H,4H2,1-3H3,(H,27,30)/t22-/m1/s1. The lowest BCUT2D eigenvalue weighted by Crippen LogP contribution is -2.65. The van der Waals surface area contributed by atoms with E-state index in [1.807, 2.05) is 0 Å². The smallest absolute Gasteiger partial charge is 0.462 e. The van der Waals surface area contributed by atoms with Crippen LogP contribution in [0.4, 0.5) is 18.0 Å². The molecule has 0 unspecified atom stereocenters. The third kappa shape index (κ3) is 3.96. The van der Waals surface area contributed by atoms with E-state index in [-0.39, 0.29) is 34.4 Å². The van der Waals surface area contributed by atoms with Crippen LogP contribution < -0.4 is 19.5 Å². The van der Waals surface area contributed by atoms with E-state index in [9.17, 15) is 22.8 Å². The highest BCUT2D eigenvalue weighted by Gasteiger charge is 2.66. The molecule has 1 aliphatic heterocycles. The Bertz CT molecular complexity index is 1310. The number of alkyl halides is 3. The van der Waals surface area contributed by atoms with Crippen LogP contribution in [0.15, 0.2) is 36.4 Å². The van der Waals surface area contributed by atoms with E-state index in [0.717, 1.165) is 6.07 Å². The number of rotatable bonds is 4. The average Bonchev–Trinajstić information content (AvgIpc) is 3.23. The Morgan fingerprint density at radius 1 is 1.15 bits per heavy atom. The fourth-order valence-corrected chi connectivity index (χ4v) is 3.72. The number of benzene rings is 2. The van der Waals surface area contributed by atoms with Crippen molar-refractivity contribution in [1.29, 1.82) is 0 Å². The first-order valence-electron chi connectivity index (χ1n) is 9.96. The predicted molar refractivity (Wildman–Crippen MR) is 114 cm³/mol. The molecule has 0 aliphatic carbocycles. The molecule has 2 heterocycles. The summed E-state index contributed by atoms with van der Waals surface area (Å²) in [6.45, 7) is 3.53. The van der Waals surface area contributed by atoms with Crippen molar-refractivity contribution in [1.82, 2.24) is 9.88 Å². The minimum Gasteiger partial charge on any atom is -0.462 e. The predicted octanol–water partition coefficient (Wildman–Crippen LogP) is 5.09. The first-order chi connectivity index (χ1) is 16.0. The first kappa shape index (κ1) is 23.6. The number of hydrogen-bond acceptors (Lipinski definition) is 6. The molecule has 0 spiro atoms. The summed E-state index contributed by atoms with van der Waals surface area (Å²) in [6, 6.07) is 7.92. The van der Waals surface area contributed by atoms with Crippen molar-refractivity contribution in [2.45, 2.75) is 25.9 Å². The lowest BCUT2D eigenvalue weighted by atomic mass is 10.1. The van der Waals surface area contributed by atoms with Crippen LogP contribution >= 0.6 is 11.6 Å². The summed E-state index contributed by atoms with van der Waals surface area (Å²) in [5, 5.41) is 2.12. The summed E-state index contributed by atoms with van der Waals surface area (Å²) in [6.07, 6.45) is -6.67. The number of carbonyl (C=O) groups is 2. The summed E-state index contributed by atoms with van der Waals surface area (Å²) in [5.41, 5.74) is 1.50. The van der Waals surface area contributed by atoms with Gasteiger partial charge in [0.2, 0.25) is 0 Å². The monoisotopic (exact) mass is 498 g/mol. The number of hydrogen-bond donors (Lipinski definition) is 1. The lowest BCUT2D eigenvalue weighted by molar-refractivity contribution is -0.318. The second-order valence-corrected chi connectivity index (χ2v) is 7.78. The maximum Gasteiger partial charge on any atom is 0.492 e. The number of amides is 1. The molecular weight excluding hydrogens is 481 g/mol. The molecule has 2 aromatic carbocycles. The number of fused-ring (bicyclic) bond motifs is 2. The van der Waals surface area contributed by atoms with Crippen LogP contribution in [0.5, 0.6) is 17.2 Å². The summed E-state index contributed by atoms with van der Waals surface area (Å²) in [5.74, 6) is -4.77. The van der Waals surface area contributed by atoms with E-state index >= 15 is 0 Å². The van der Waals surface area contributed by atoms with Gasteiger partial charge in [-0.15, -0.1) is 0 Å². The highest BCUT2D eigenvalue weighted by Crippen LogP contribution is 2.46. The minimum absolute atomic E-state index is 0.114. The number of aromatic nitrogens is 1. The molecule has 3 aromatic rings. The van der Waals surface area contributed by atoms with Crippen LogP contribution in [0.1, 0.15) is 23.0 Å². The molecule has 0 fully saturated rings. The Morgan fingerprint density at radius 3 is 2.53 bits per heavy atom. The zero-order chi connectivity index (χ0) is 24.8. The Labute approximate surface area is 196 Å². The normalized spacial score (nSPS) is 17.0. The van der Waals surface area contributed by atoms with Gasteiger partial charge in [0.25, 0.3) is 0 Å². The van der Waals surface area contributed by atoms with E-state index in [4.69, 9.17) is 30.5 Å². The summed E-state index contributed by atoms with van der Waals surface area (Å²) >= 11 is 5.80. The van der Waals surface area contributed by atoms with Gasteiger partial charge in [-0.1, -0.05) is 11.6 Å². The van der Waals surface area contributed by atoms with E-state index in [1.54, 1.807) is 36.8 Å². The summed E-state index contributed by atoms with van der Waals surface area (Å²) in [7, 11) is 1.74. The van der Waals surface area contributed by atoms with E-state index < -0.39 is 24.1 Å². The quantitative estimate of drug-likeness (QED) is 0.504. The number of nitrogens with one attached hydrogen (secondary N) is 1. The second-order valence-electron chi connectivity index (χ2n) is 7.34. The highest BCUT2D eigenvalue weighted by molar-refractivity contribution is 6.30. The van der Waals surface area contributed by atoms with Crippen LogP contribution in [-0.2, 0) is 11.8 Å². The third-order valence-corrected chi connectivity index (χ3v) is 5.44. The van der Waals surface area contributed by atoms with E-state index in [1.165, 1.54) is 24.3 Å². The molecule has 1 amide bonds. The van der Waals surface area contributed by atoms with Crippen LogP contribution in [0.3, 0.4) is 0 Å². The van der Waals surface area contributed by atoms with Crippen LogP contribution in [0.2, 0.25) is 5.02 Å². The number of ether oxygens (including phenoxy) is 4. The summed E-state index contributed by atoms with van der Waals surface area (Å²) in [4.78, 5) is 24.9. The average molecular weight is 499 g/mol. The highest BCUT2D eigenvalue weighted by atomic mass is 35.5. The van der Waals surface area contributed by atoms with Gasteiger partial charge in [-0.05, 0) is 44.2 Å². The molecule has 180 valence electrons.